The zero-order valence-electron chi connectivity index (χ0n) is 27.7. The van der Waals surface area contributed by atoms with Gasteiger partial charge in [-0.25, -0.2) is 0 Å². The summed E-state index contributed by atoms with van der Waals surface area (Å²) in [5.74, 6) is 3.37. The molecule has 6 nitrogen and oxygen atoms in total. The molecule has 0 spiro atoms. The molecule has 7 aromatic rings. The van der Waals surface area contributed by atoms with Gasteiger partial charge >= 0.3 is 14.1 Å². The van der Waals surface area contributed by atoms with Gasteiger partial charge in [0.1, 0.15) is 11.5 Å². The van der Waals surface area contributed by atoms with Crippen LogP contribution in [0.25, 0.3) is 0 Å². The topological polar surface area (TPSA) is 59.1 Å². The van der Waals surface area contributed by atoms with Crippen LogP contribution in [-0.2, 0) is 0 Å². The standard InChI is InChI=1S/C44H19B2N2O4.Al/c49-43-23-9-1-3-11-27(23)45-29-21-30-34(22-33(29)47-31-13-5-7-15-35(31)51-37-19-17-25(43)39(45)41(37)47)48-32-14-6-8-16-36(32)52-38-20-18-26-40(42(38)48)46(30)28-12-4-2-10-24(28)44(26)50;/h1-12,15-21H;. The lowest BCUT2D eigenvalue weighted by Crippen LogP contribution is -2.73. The highest BCUT2D eigenvalue weighted by atomic mass is 27.2. The second-order valence-electron chi connectivity index (χ2n) is 15.3. The van der Waals surface area contributed by atoms with Crippen molar-refractivity contribution in [2.75, 3.05) is 9.80 Å². The maximum Gasteiger partial charge on any atom is 0.397 e. The molecule has 0 saturated heterocycles. The van der Waals surface area contributed by atoms with E-state index in [1.807, 2.05) is 48.5 Å². The van der Waals surface area contributed by atoms with E-state index in [9.17, 15) is 9.59 Å². The quantitative estimate of drug-likeness (QED) is 0.229. The molecule has 0 radical (unpaired) electrons. The molecule has 7 aromatic carbocycles. The molecular weight excluding hydrogens is 669 g/mol. The zero-order chi connectivity index (χ0) is 34.2. The predicted molar refractivity (Wildman–Crippen MR) is 210 cm³/mol. The third-order valence-corrected chi connectivity index (χ3v) is 16.5. The molecule has 0 fully saturated rings. The van der Waals surface area contributed by atoms with Crippen molar-refractivity contribution in [3.63, 3.8) is 0 Å². The molecule has 9 heteroatoms. The van der Waals surface area contributed by atoms with Gasteiger partial charge in [0.2, 0.25) is 13.4 Å². The summed E-state index contributed by atoms with van der Waals surface area (Å²) >= 11 is -2.21. The highest BCUT2D eigenvalue weighted by molar-refractivity contribution is 7.07. The number of anilines is 6. The fraction of sp³-hybridized carbons (Fsp3) is 0. The fourth-order valence-corrected chi connectivity index (χ4v) is 15.2. The molecule has 15 rings (SSSR count). The van der Waals surface area contributed by atoms with Gasteiger partial charge in [-0.3, -0.25) is 9.59 Å². The first kappa shape index (κ1) is 26.5. The van der Waals surface area contributed by atoms with Crippen molar-refractivity contribution >= 4 is 119 Å². The van der Waals surface area contributed by atoms with Crippen LogP contribution in [0.5, 0.6) is 23.0 Å². The van der Waals surface area contributed by atoms with Gasteiger partial charge in [-0.2, -0.15) is 0 Å². The Morgan fingerprint density at radius 1 is 0.434 bits per heavy atom. The van der Waals surface area contributed by atoms with Crippen molar-refractivity contribution in [3.8, 4) is 23.0 Å². The number of rotatable bonds is 0. The first-order chi connectivity index (χ1) is 26.2. The molecule has 0 atom stereocenters. The van der Waals surface area contributed by atoms with Crippen molar-refractivity contribution in [1.29, 1.82) is 0 Å². The van der Waals surface area contributed by atoms with E-state index in [2.05, 4.69) is 76.5 Å². The lowest BCUT2D eigenvalue weighted by molar-refractivity contribution is 0.103. The maximum atomic E-state index is 14.4. The molecule has 53 heavy (non-hydrogen) atoms. The first-order valence-corrected chi connectivity index (χ1v) is 19.9. The number of hydrogen-bond acceptors (Lipinski definition) is 6. The van der Waals surface area contributed by atoms with E-state index in [4.69, 9.17) is 9.47 Å². The highest BCUT2D eigenvalue weighted by Gasteiger charge is 2.58. The van der Waals surface area contributed by atoms with E-state index < -0.39 is 14.1 Å². The molecule has 0 aromatic heterocycles. The summed E-state index contributed by atoms with van der Waals surface area (Å²) < 4.78 is 17.7. The average Bonchev–Trinajstić information content (AvgIpc) is 3.20. The van der Waals surface area contributed by atoms with Crippen LogP contribution in [0.1, 0.15) is 31.8 Å². The second-order valence-corrected chi connectivity index (χ2v) is 18.0. The summed E-state index contributed by atoms with van der Waals surface area (Å²) in [6.07, 6.45) is 0. The number of ether oxygens (including phenoxy) is 2. The number of benzene rings is 7. The average molecular weight is 688 g/mol. The Balaban J connectivity index is 1.18. The van der Waals surface area contributed by atoms with Gasteiger partial charge in [0.15, 0.2) is 23.1 Å². The van der Waals surface area contributed by atoms with Crippen LogP contribution in [0.2, 0.25) is 0 Å². The Hall–Kier alpha value is -6.26. The summed E-state index contributed by atoms with van der Waals surface area (Å²) in [5, 5.41) is 0. The Bertz CT molecular complexity index is 2920. The number of ketones is 2. The Labute approximate surface area is 307 Å². The number of carbonyl (C=O) groups excluding carboxylic acids is 2. The van der Waals surface area contributed by atoms with E-state index in [0.717, 1.165) is 89.9 Å². The molecule has 0 saturated carbocycles. The van der Waals surface area contributed by atoms with Gasteiger partial charge < -0.3 is 19.3 Å². The lowest BCUT2D eigenvalue weighted by atomic mass is 9.28. The van der Waals surface area contributed by atoms with E-state index in [1.54, 1.807) is 0 Å². The number of nitrogens with zero attached hydrogens (tertiary/aromatic N) is 2. The monoisotopic (exact) mass is 688 g/mol. The van der Waals surface area contributed by atoms with Crippen LogP contribution in [-0.4, -0.2) is 39.1 Å². The maximum absolute atomic E-state index is 14.4. The summed E-state index contributed by atoms with van der Waals surface area (Å²) in [6.45, 7) is -0.339. The van der Waals surface area contributed by atoms with E-state index in [1.165, 1.54) is 35.6 Å². The minimum absolute atomic E-state index is 0.0568. The van der Waals surface area contributed by atoms with E-state index >= 15 is 0 Å². The van der Waals surface area contributed by atoms with Crippen molar-refractivity contribution in [3.05, 3.63) is 138 Å². The third-order valence-electron chi connectivity index (χ3n) is 13.2. The van der Waals surface area contributed by atoms with Crippen LogP contribution in [0, 0.1) is 0 Å². The zero-order valence-corrected chi connectivity index (χ0v) is 28.9. The molecule has 0 amide bonds. The predicted octanol–water partition coefficient (Wildman–Crippen LogP) is 2.73. The lowest BCUT2D eigenvalue weighted by Gasteiger charge is -2.53. The molecule has 8 heterocycles. The summed E-state index contributed by atoms with van der Waals surface area (Å²) in [4.78, 5) is 33.7. The number of fused-ring (bicyclic) bond motifs is 8. The van der Waals surface area contributed by atoms with Gasteiger partial charge in [-0.15, -0.1) is 0 Å². The van der Waals surface area contributed by atoms with Crippen LogP contribution >= 0.6 is 0 Å². The van der Waals surface area contributed by atoms with Gasteiger partial charge in [-0.1, -0.05) is 103 Å². The Morgan fingerprint density at radius 3 is 1.42 bits per heavy atom. The van der Waals surface area contributed by atoms with Gasteiger partial charge in [0, 0.05) is 33.6 Å². The molecule has 0 aliphatic carbocycles. The van der Waals surface area contributed by atoms with Gasteiger partial charge in [0.05, 0.1) is 22.7 Å². The van der Waals surface area contributed by atoms with Crippen LogP contribution in [0.4, 0.5) is 34.1 Å². The molecule has 8 aliphatic heterocycles. The highest BCUT2D eigenvalue weighted by Crippen LogP contribution is 2.57. The molecular formula is C44H19AlB2N2O4. The van der Waals surface area contributed by atoms with Crippen molar-refractivity contribution < 1.29 is 19.1 Å². The second kappa shape index (κ2) is 8.35. The summed E-state index contributed by atoms with van der Waals surface area (Å²) in [7, 11) is 0. The normalized spacial score (nSPS) is 16.1. The molecule has 0 unspecified atom stereocenters. The SMILES string of the molecule is O=C1c2ccccc2B2c3cc4c5[c]6c3N3c7c(ccc[c]7[Al]6[c]6cccc7c6N5c5c(ccc6c5B4c4ccccc4C6=O)O7)Oc4ccc1c2c43. The molecule has 238 valence electrons. The first-order valence-electron chi connectivity index (χ1n) is 18.2. The van der Waals surface area contributed by atoms with Crippen LogP contribution in [0.15, 0.2) is 115 Å². The molecule has 0 bridgehead atoms. The Morgan fingerprint density at radius 2 is 0.906 bits per heavy atom. The van der Waals surface area contributed by atoms with Crippen molar-refractivity contribution in [2.45, 2.75) is 0 Å². The smallest absolute Gasteiger partial charge is 0.397 e. The third kappa shape index (κ3) is 2.65. The van der Waals surface area contributed by atoms with Crippen LogP contribution in [0.3, 0.4) is 0 Å². The number of hydrogen-bond donors (Lipinski definition) is 0. The number of carbonyl (C=O) groups is 2. The van der Waals surface area contributed by atoms with Crippen molar-refractivity contribution in [1.82, 2.24) is 0 Å². The van der Waals surface area contributed by atoms with Gasteiger partial charge in [0.25, 0.3) is 0 Å². The summed E-state index contributed by atoms with van der Waals surface area (Å²) in [6, 6.07) is 39.8. The summed E-state index contributed by atoms with van der Waals surface area (Å²) in [5.41, 5.74) is 16.2. The van der Waals surface area contributed by atoms with Gasteiger partial charge in [-0.05, 0) is 58.2 Å². The van der Waals surface area contributed by atoms with E-state index in [0.29, 0.717) is 0 Å². The van der Waals surface area contributed by atoms with Crippen molar-refractivity contribution in [2.24, 2.45) is 0 Å². The van der Waals surface area contributed by atoms with E-state index in [-0.39, 0.29) is 25.0 Å². The minimum atomic E-state index is -2.21. The van der Waals surface area contributed by atoms with Crippen LogP contribution < -0.4 is 65.3 Å². The number of para-hydroxylation sites is 2. The molecule has 8 aliphatic rings. The Kier molecular flexibility index (Phi) is 4.17. The molecule has 0 N–H and O–H groups in total. The minimum Gasteiger partial charge on any atom is -0.453 e. The fourth-order valence-electron chi connectivity index (χ4n) is 11.5. The largest absolute Gasteiger partial charge is 0.453 e.